The van der Waals surface area contributed by atoms with Gasteiger partial charge in [-0.05, 0) is 106 Å². The summed E-state index contributed by atoms with van der Waals surface area (Å²) in [6.45, 7) is 32.1. The Balaban J connectivity index is 0.000000194. The van der Waals surface area contributed by atoms with Gasteiger partial charge in [-0.15, -0.1) is 0 Å². The van der Waals surface area contributed by atoms with E-state index in [4.69, 9.17) is 38.2 Å². The lowest BCUT2D eigenvalue weighted by Crippen LogP contribution is -2.59. The highest BCUT2D eigenvalue weighted by molar-refractivity contribution is 6.34. The minimum absolute atomic E-state index is 0.0426. The number of carbonyl (C=O) groups is 2. The molecule has 0 spiro atoms. The number of hydrogen-bond acceptors (Lipinski definition) is 11. The van der Waals surface area contributed by atoms with Gasteiger partial charge in [0.05, 0.1) is 49.5 Å². The highest BCUT2D eigenvalue weighted by Crippen LogP contribution is 2.44. The summed E-state index contributed by atoms with van der Waals surface area (Å²) in [6.07, 6.45) is 4.45. The van der Waals surface area contributed by atoms with Crippen molar-refractivity contribution in [2.45, 2.75) is 98.3 Å². The van der Waals surface area contributed by atoms with Crippen LogP contribution in [0.2, 0.25) is 10.0 Å². The molecule has 0 aliphatic carbocycles. The standard InChI is InChI=1S/C32H33ClFN5O.C31H33ClN6O2/c1-7-29(40)37-17-21(5)38(18-20(37)4)31-25-16-26(33)30(24-13-8-10-14-27(24)34)36-32(25)39(22(6)35-31)28-15-11-9-12-23(28)19(2)3;1-7-25(39)36-16-21(6)37(17-20(36)5)29-23-15-24(32)27(22-11-9-8-10-12-22)34-30(23)38(31(40)35-29)28-19(4)13-14-33-26(28)18(2)3/h7-16,19-21H,1,6,17-18H2,2-5H3;7-15,18,20-21H,1,16-17H2,2-6H3. The molecule has 14 nitrogen and oxygen atoms in total. The summed E-state index contributed by atoms with van der Waals surface area (Å²) >= 11 is 13.7. The summed E-state index contributed by atoms with van der Waals surface area (Å²) in [5, 5.41) is 1.44. The molecular weight excluding hydrogens is 1050 g/mol. The molecule has 80 heavy (non-hydrogen) atoms. The first kappa shape index (κ1) is 56.7. The molecule has 3 aliphatic rings. The fourth-order valence-electron chi connectivity index (χ4n) is 11.0. The summed E-state index contributed by atoms with van der Waals surface area (Å²) < 4.78 is 16.5. The molecule has 7 heterocycles. The van der Waals surface area contributed by atoms with Crippen LogP contribution in [-0.2, 0) is 9.59 Å². The van der Waals surface area contributed by atoms with Crippen molar-refractivity contribution in [1.29, 1.82) is 0 Å². The van der Waals surface area contributed by atoms with Crippen LogP contribution in [0.5, 0.6) is 0 Å². The Labute approximate surface area is 477 Å². The van der Waals surface area contributed by atoms with Gasteiger partial charge in [0.1, 0.15) is 23.3 Å². The maximum Gasteiger partial charge on any atom is 0.355 e. The summed E-state index contributed by atoms with van der Waals surface area (Å²) in [5.41, 5.74) is 7.21. The zero-order chi connectivity index (χ0) is 57.4. The van der Waals surface area contributed by atoms with Crippen molar-refractivity contribution in [3.8, 4) is 28.2 Å². The molecule has 2 saturated heterocycles. The third-order valence-corrected chi connectivity index (χ3v) is 15.6. The molecule has 3 aromatic carbocycles. The van der Waals surface area contributed by atoms with Gasteiger partial charge in [-0.1, -0.05) is 131 Å². The quantitative estimate of drug-likeness (QED) is 0.129. The minimum Gasteiger partial charge on any atom is -0.349 e. The van der Waals surface area contributed by atoms with Crippen LogP contribution in [-0.4, -0.2) is 107 Å². The molecule has 0 N–H and O–H groups in total. The maximum atomic E-state index is 14.9. The lowest BCUT2D eigenvalue weighted by Gasteiger charge is -2.46. The molecule has 0 radical (unpaired) electrons. The van der Waals surface area contributed by atoms with E-state index in [9.17, 15) is 18.8 Å². The van der Waals surface area contributed by atoms with Crippen molar-refractivity contribution < 1.29 is 14.0 Å². The molecule has 0 bridgehead atoms. The zero-order valence-corrected chi connectivity index (χ0v) is 48.2. The molecule has 2 amide bonds. The van der Waals surface area contributed by atoms with E-state index in [1.165, 1.54) is 18.2 Å². The van der Waals surface area contributed by atoms with E-state index in [1.807, 2.05) is 118 Å². The fourth-order valence-corrected chi connectivity index (χ4v) is 11.5. The molecule has 0 saturated carbocycles. The second-order valence-corrected chi connectivity index (χ2v) is 22.1. The average Bonchev–Trinajstić information content (AvgIpc) is 3.58. The highest BCUT2D eigenvalue weighted by atomic mass is 35.5. The Morgan fingerprint density at radius 1 is 0.688 bits per heavy atom. The number of pyridine rings is 3. The number of nitrogens with zero attached hydrogens (tertiary/aromatic N) is 11. The second-order valence-electron chi connectivity index (χ2n) is 21.3. The van der Waals surface area contributed by atoms with Gasteiger partial charge >= 0.3 is 5.69 Å². The Kier molecular flexibility index (Phi) is 16.6. The van der Waals surface area contributed by atoms with E-state index in [0.717, 1.165) is 33.6 Å². The number of aryl methyl sites for hydroxylation is 1. The number of benzene rings is 3. The molecule has 4 atom stereocenters. The Morgan fingerprint density at radius 2 is 1.29 bits per heavy atom. The van der Waals surface area contributed by atoms with Gasteiger partial charge in [0.2, 0.25) is 11.8 Å². The van der Waals surface area contributed by atoms with Gasteiger partial charge in [-0.3, -0.25) is 19.5 Å². The van der Waals surface area contributed by atoms with E-state index in [-0.39, 0.29) is 47.8 Å². The van der Waals surface area contributed by atoms with Crippen molar-refractivity contribution in [2.75, 3.05) is 36.0 Å². The number of hydrogen-bond donors (Lipinski definition) is 0. The van der Waals surface area contributed by atoms with Crippen molar-refractivity contribution in [2.24, 2.45) is 4.99 Å². The zero-order valence-electron chi connectivity index (χ0n) is 46.7. The van der Waals surface area contributed by atoms with E-state index < -0.39 is 11.5 Å². The molecule has 412 valence electrons. The van der Waals surface area contributed by atoms with Crippen LogP contribution in [0.15, 0.2) is 151 Å². The first-order valence-electron chi connectivity index (χ1n) is 26.9. The lowest BCUT2D eigenvalue weighted by atomic mass is 9.99. The van der Waals surface area contributed by atoms with Crippen molar-refractivity contribution in [3.63, 3.8) is 0 Å². The molecule has 3 aliphatic heterocycles. The Hall–Kier alpha value is -8.01. The largest absolute Gasteiger partial charge is 0.355 e. The van der Waals surface area contributed by atoms with Crippen molar-refractivity contribution >= 4 is 69.2 Å². The predicted molar refractivity (Wildman–Crippen MR) is 321 cm³/mol. The van der Waals surface area contributed by atoms with Gasteiger partial charge in [0.25, 0.3) is 0 Å². The number of halogens is 3. The third-order valence-electron chi connectivity index (χ3n) is 15.0. The van der Waals surface area contributed by atoms with Crippen LogP contribution >= 0.6 is 23.2 Å². The molecule has 4 aromatic heterocycles. The number of para-hydroxylation sites is 1. The van der Waals surface area contributed by atoms with E-state index in [2.05, 4.69) is 66.3 Å². The van der Waals surface area contributed by atoms with E-state index >= 15 is 0 Å². The van der Waals surface area contributed by atoms with Crippen LogP contribution in [0.25, 0.3) is 39.2 Å². The number of amides is 2. The molecule has 7 aromatic rings. The fraction of sp³-hybridized carbons (Fsp3) is 0.302. The number of amidine groups is 1. The number of carbonyl (C=O) groups excluding carboxylic acids is 2. The third kappa shape index (κ3) is 10.8. The molecule has 10 rings (SSSR count). The molecular formula is C63H66Cl2FN11O3. The Morgan fingerprint density at radius 3 is 1.93 bits per heavy atom. The summed E-state index contributed by atoms with van der Waals surface area (Å²) in [4.78, 5) is 73.1. The number of anilines is 3. The van der Waals surface area contributed by atoms with E-state index in [0.29, 0.717) is 93.2 Å². The van der Waals surface area contributed by atoms with Crippen LogP contribution < -0.4 is 15.5 Å². The van der Waals surface area contributed by atoms with Crippen molar-refractivity contribution in [1.82, 2.24) is 39.2 Å². The number of aliphatic imine (C=N–C) groups is 1. The van der Waals surface area contributed by atoms with Crippen LogP contribution in [0.1, 0.15) is 89.6 Å². The van der Waals surface area contributed by atoms with Gasteiger partial charge < -0.3 is 19.6 Å². The maximum absolute atomic E-state index is 14.9. The molecule has 4 unspecified atom stereocenters. The summed E-state index contributed by atoms with van der Waals surface area (Å²) in [6, 6.07) is 29.5. The smallest absolute Gasteiger partial charge is 0.349 e. The minimum atomic E-state index is -0.446. The van der Waals surface area contributed by atoms with E-state index in [1.54, 1.807) is 33.9 Å². The molecule has 17 heteroatoms. The van der Waals surface area contributed by atoms with Crippen LogP contribution in [0, 0.1) is 12.7 Å². The van der Waals surface area contributed by atoms with Gasteiger partial charge in [0, 0.05) is 67.7 Å². The number of fused-ring (bicyclic) bond motifs is 2. The summed E-state index contributed by atoms with van der Waals surface area (Å²) in [5.74, 6) is 1.94. The predicted octanol–water partition coefficient (Wildman–Crippen LogP) is 12.7. The van der Waals surface area contributed by atoms with Gasteiger partial charge in [0.15, 0.2) is 11.5 Å². The lowest BCUT2D eigenvalue weighted by molar-refractivity contribution is -0.131. The van der Waals surface area contributed by atoms with Crippen LogP contribution in [0.4, 0.5) is 21.7 Å². The molecule has 2 fully saturated rings. The first-order valence-corrected chi connectivity index (χ1v) is 27.7. The average molecular weight is 1120 g/mol. The van der Waals surface area contributed by atoms with Gasteiger partial charge in [-0.25, -0.2) is 28.7 Å². The van der Waals surface area contributed by atoms with Gasteiger partial charge in [-0.2, -0.15) is 4.98 Å². The number of aromatic nitrogens is 5. The van der Waals surface area contributed by atoms with Crippen LogP contribution in [0.3, 0.4) is 0 Å². The summed E-state index contributed by atoms with van der Waals surface area (Å²) in [7, 11) is 0. The number of piperazine rings is 2. The SMILES string of the molecule is C=CC(=O)N1CC(C)N(C2=NC(=C)N(c3ccccc3C(C)C)c3nc(-c4ccccc4F)c(Cl)cc32)CC1C.C=CC(=O)N1CC(C)N(c2nc(=O)n(-c3c(C)ccnc3C(C)C)c3nc(-c4ccccc4)c(Cl)cc23)CC1C. The topological polar surface area (TPSA) is 136 Å². The normalized spacial score (nSPS) is 18.2. The highest BCUT2D eigenvalue weighted by Gasteiger charge is 2.39. The Bertz CT molecular complexity index is 3680. The number of rotatable bonds is 9. The first-order chi connectivity index (χ1) is 38.2. The monoisotopic (exact) mass is 1110 g/mol. The second kappa shape index (κ2) is 23.4. The van der Waals surface area contributed by atoms with Crippen molar-refractivity contribution in [3.05, 3.63) is 190 Å².